The Balaban J connectivity index is 1.19. The van der Waals surface area contributed by atoms with E-state index in [0.717, 1.165) is 60.0 Å². The van der Waals surface area contributed by atoms with Gasteiger partial charge in [0.05, 0.1) is 18.5 Å². The number of hydrogen-bond donors (Lipinski definition) is 1. The predicted octanol–water partition coefficient (Wildman–Crippen LogP) is 4.53. The second kappa shape index (κ2) is 9.96. The Morgan fingerprint density at radius 3 is 2.65 bits per heavy atom. The van der Waals surface area contributed by atoms with Crippen LogP contribution >= 0.6 is 11.3 Å². The second-order valence-corrected chi connectivity index (χ2v) is 8.88. The average molecular weight is 473 g/mol. The van der Waals surface area contributed by atoms with Crippen LogP contribution in [-0.4, -0.2) is 46.0 Å². The molecule has 9 heteroatoms. The topological polar surface area (TPSA) is 93.1 Å². The molecule has 8 nitrogen and oxygen atoms in total. The first-order valence-corrected chi connectivity index (χ1v) is 12.0. The number of nitrogens with zero attached hydrogens (tertiary/aromatic N) is 5. The Morgan fingerprint density at radius 2 is 1.91 bits per heavy atom. The van der Waals surface area contributed by atoms with Crippen LogP contribution in [0, 0.1) is 5.92 Å². The minimum atomic E-state index is -0.0510. The summed E-state index contributed by atoms with van der Waals surface area (Å²) in [5.41, 5.74) is 3.62. The van der Waals surface area contributed by atoms with Crippen LogP contribution < -0.4 is 15.0 Å². The highest BCUT2D eigenvalue weighted by molar-refractivity contribution is 7.14. The van der Waals surface area contributed by atoms with E-state index in [0.29, 0.717) is 5.13 Å². The molecule has 0 atom stereocenters. The lowest BCUT2D eigenvalue weighted by molar-refractivity contribution is -0.120. The number of methoxy groups -OCH3 is 1. The van der Waals surface area contributed by atoms with Gasteiger partial charge in [0, 0.05) is 54.0 Å². The van der Waals surface area contributed by atoms with Crippen molar-refractivity contribution >= 4 is 28.2 Å². The van der Waals surface area contributed by atoms with E-state index < -0.39 is 0 Å². The van der Waals surface area contributed by atoms with E-state index in [1.165, 1.54) is 11.3 Å². The molecule has 1 aliphatic rings. The van der Waals surface area contributed by atoms with Crippen molar-refractivity contribution in [3.63, 3.8) is 0 Å². The number of anilines is 2. The molecule has 0 aliphatic carbocycles. The smallest absolute Gasteiger partial charge is 0.229 e. The Bertz CT molecular complexity index is 1250. The molecule has 3 aromatic heterocycles. The van der Waals surface area contributed by atoms with Gasteiger partial charge in [-0.25, -0.2) is 15.0 Å². The number of benzene rings is 1. The summed E-state index contributed by atoms with van der Waals surface area (Å²) in [6.07, 6.45) is 6.61. The van der Waals surface area contributed by atoms with Gasteiger partial charge in [-0.1, -0.05) is 0 Å². The van der Waals surface area contributed by atoms with Crippen molar-refractivity contribution in [1.82, 2.24) is 19.9 Å². The van der Waals surface area contributed by atoms with Crippen LogP contribution in [0.4, 0.5) is 10.9 Å². The zero-order valence-electron chi connectivity index (χ0n) is 18.7. The molecule has 0 saturated carbocycles. The molecule has 1 fully saturated rings. The molecular formula is C25H24N6O2S. The highest BCUT2D eigenvalue weighted by Crippen LogP contribution is 2.28. The summed E-state index contributed by atoms with van der Waals surface area (Å²) < 4.78 is 5.23. The number of aromatic nitrogens is 4. The monoisotopic (exact) mass is 472 g/mol. The van der Waals surface area contributed by atoms with E-state index in [9.17, 15) is 4.79 Å². The van der Waals surface area contributed by atoms with Gasteiger partial charge in [0.15, 0.2) is 5.13 Å². The molecule has 0 spiro atoms. The van der Waals surface area contributed by atoms with Gasteiger partial charge in [-0.2, -0.15) is 0 Å². The van der Waals surface area contributed by atoms with Crippen LogP contribution in [0.5, 0.6) is 5.75 Å². The zero-order chi connectivity index (χ0) is 23.3. The predicted molar refractivity (Wildman–Crippen MR) is 133 cm³/mol. The van der Waals surface area contributed by atoms with Gasteiger partial charge in [-0.05, 0) is 49.2 Å². The van der Waals surface area contributed by atoms with Crippen LogP contribution in [0.1, 0.15) is 12.8 Å². The molecule has 1 saturated heterocycles. The van der Waals surface area contributed by atoms with Crippen LogP contribution in [-0.2, 0) is 4.79 Å². The van der Waals surface area contributed by atoms with Gasteiger partial charge < -0.3 is 15.0 Å². The molecule has 4 aromatic rings. The number of pyridine rings is 1. The Hall–Kier alpha value is -3.85. The van der Waals surface area contributed by atoms with Crippen molar-refractivity contribution in [2.75, 3.05) is 30.4 Å². The van der Waals surface area contributed by atoms with Crippen molar-refractivity contribution in [2.45, 2.75) is 12.8 Å². The number of rotatable bonds is 6. The number of amides is 1. The highest BCUT2D eigenvalue weighted by Gasteiger charge is 2.26. The van der Waals surface area contributed by atoms with Gasteiger partial charge in [0.1, 0.15) is 17.9 Å². The second-order valence-electron chi connectivity index (χ2n) is 8.02. The summed E-state index contributed by atoms with van der Waals surface area (Å²) >= 11 is 1.43. The Labute approximate surface area is 201 Å². The van der Waals surface area contributed by atoms with E-state index in [4.69, 9.17) is 4.74 Å². The summed E-state index contributed by atoms with van der Waals surface area (Å²) in [4.78, 5) is 32.6. The van der Waals surface area contributed by atoms with E-state index in [2.05, 4.69) is 30.2 Å². The number of thiazole rings is 1. The normalized spacial score (nSPS) is 14.1. The van der Waals surface area contributed by atoms with Gasteiger partial charge in [-0.3, -0.25) is 9.78 Å². The van der Waals surface area contributed by atoms with Gasteiger partial charge in [-0.15, -0.1) is 11.3 Å². The van der Waals surface area contributed by atoms with E-state index >= 15 is 0 Å². The van der Waals surface area contributed by atoms with Crippen molar-refractivity contribution in [1.29, 1.82) is 0 Å². The molecule has 0 radical (unpaired) electrons. The zero-order valence-corrected chi connectivity index (χ0v) is 19.5. The SMILES string of the molecule is COc1ccc(-c2cc(N3CCC(C(=O)Nc4nc(-c5cccnc5)cs4)CC3)ncn2)cc1. The van der Waals surface area contributed by atoms with Crippen molar-refractivity contribution in [3.8, 4) is 28.3 Å². The van der Waals surface area contributed by atoms with Crippen molar-refractivity contribution in [2.24, 2.45) is 5.92 Å². The van der Waals surface area contributed by atoms with Crippen LogP contribution in [0.25, 0.3) is 22.5 Å². The van der Waals surface area contributed by atoms with Gasteiger partial charge in [0.2, 0.25) is 5.91 Å². The Kier molecular flexibility index (Phi) is 6.44. The number of piperidine rings is 1. The minimum absolute atomic E-state index is 0.0216. The summed E-state index contributed by atoms with van der Waals surface area (Å²) in [5, 5.41) is 5.54. The maximum Gasteiger partial charge on any atom is 0.229 e. The number of nitrogens with one attached hydrogen (secondary N) is 1. The van der Waals surface area contributed by atoms with E-state index in [1.807, 2.05) is 47.8 Å². The highest BCUT2D eigenvalue weighted by atomic mass is 32.1. The first-order valence-electron chi connectivity index (χ1n) is 11.1. The molecule has 0 unspecified atom stereocenters. The van der Waals surface area contributed by atoms with Crippen LogP contribution in [0.15, 0.2) is 66.6 Å². The molecular weight excluding hydrogens is 448 g/mol. The third-order valence-electron chi connectivity index (χ3n) is 5.92. The van der Waals surface area contributed by atoms with Crippen LogP contribution in [0.3, 0.4) is 0 Å². The van der Waals surface area contributed by atoms with Crippen molar-refractivity contribution in [3.05, 3.63) is 66.6 Å². The molecule has 1 aliphatic heterocycles. The van der Waals surface area contributed by atoms with E-state index in [-0.39, 0.29) is 11.8 Å². The van der Waals surface area contributed by atoms with E-state index in [1.54, 1.807) is 25.8 Å². The fourth-order valence-corrected chi connectivity index (χ4v) is 4.72. The summed E-state index contributed by atoms with van der Waals surface area (Å²) in [6.45, 7) is 1.52. The molecule has 1 amide bonds. The first kappa shape index (κ1) is 22.0. The standard InChI is InChI=1S/C25H24N6O2S/c1-33-20-6-4-17(5-7-20)21-13-23(28-16-27-21)31-11-8-18(9-12-31)24(32)30-25-29-22(15-34-25)19-3-2-10-26-14-19/h2-7,10,13-16,18H,8-9,11-12H2,1H3,(H,29,30,32). The third-order valence-corrected chi connectivity index (χ3v) is 6.68. The molecule has 34 heavy (non-hydrogen) atoms. The molecule has 172 valence electrons. The molecule has 1 N–H and O–H groups in total. The molecule has 4 heterocycles. The van der Waals surface area contributed by atoms with Gasteiger partial charge >= 0.3 is 0 Å². The van der Waals surface area contributed by atoms with Crippen LogP contribution in [0.2, 0.25) is 0 Å². The Morgan fingerprint density at radius 1 is 1.09 bits per heavy atom. The number of carbonyl (C=O) groups is 1. The maximum absolute atomic E-state index is 12.8. The fourth-order valence-electron chi connectivity index (χ4n) is 4.00. The summed E-state index contributed by atoms with van der Waals surface area (Å²) in [6, 6.07) is 13.6. The molecule has 5 rings (SSSR count). The fraction of sp³-hybridized carbons (Fsp3) is 0.240. The lowest BCUT2D eigenvalue weighted by Crippen LogP contribution is -2.38. The first-order chi connectivity index (χ1) is 16.7. The van der Waals surface area contributed by atoms with Gasteiger partial charge in [0.25, 0.3) is 0 Å². The lowest BCUT2D eigenvalue weighted by atomic mass is 9.96. The minimum Gasteiger partial charge on any atom is -0.497 e. The largest absolute Gasteiger partial charge is 0.497 e. The quantitative estimate of drug-likeness (QED) is 0.441. The third kappa shape index (κ3) is 4.89. The number of hydrogen-bond acceptors (Lipinski definition) is 8. The number of carbonyl (C=O) groups excluding carboxylic acids is 1. The summed E-state index contributed by atoms with van der Waals surface area (Å²) in [5.74, 6) is 1.66. The molecule has 1 aromatic carbocycles. The summed E-state index contributed by atoms with van der Waals surface area (Å²) in [7, 11) is 1.65. The lowest BCUT2D eigenvalue weighted by Gasteiger charge is -2.32. The van der Waals surface area contributed by atoms with Crippen molar-refractivity contribution < 1.29 is 9.53 Å². The maximum atomic E-state index is 12.8. The average Bonchev–Trinajstić information content (AvgIpc) is 3.38. The number of ether oxygens (including phenoxy) is 1. The molecule has 0 bridgehead atoms.